The van der Waals surface area contributed by atoms with Crippen LogP contribution >= 0.6 is 0 Å². The molecule has 236 valence electrons. The monoisotopic (exact) mass is 660 g/mol. The van der Waals surface area contributed by atoms with E-state index in [0.29, 0.717) is 33.1 Å². The average molecular weight is 661 g/mol. The Bertz CT molecular complexity index is 3920. The summed E-state index contributed by atoms with van der Waals surface area (Å²) in [5, 5.41) is 3.74. The van der Waals surface area contributed by atoms with Gasteiger partial charge in [0.15, 0.2) is 0 Å². The Balaban J connectivity index is 1.39. The van der Waals surface area contributed by atoms with Gasteiger partial charge in [0.05, 0.1) is 19.2 Å². The van der Waals surface area contributed by atoms with Crippen LogP contribution in [0, 0.1) is 0 Å². The smallest absolute Gasteiger partial charge is 0.143 e. The van der Waals surface area contributed by atoms with Crippen molar-refractivity contribution < 1.29 is 23.6 Å². The van der Waals surface area contributed by atoms with E-state index in [1.165, 1.54) is 0 Å². The van der Waals surface area contributed by atoms with Gasteiger partial charge in [-0.1, -0.05) is 170 Å². The van der Waals surface area contributed by atoms with Gasteiger partial charge < -0.3 is 4.42 Å². The number of rotatable bonds is 3. The van der Waals surface area contributed by atoms with Crippen LogP contribution in [0.3, 0.4) is 0 Å². The largest absolute Gasteiger partial charge is 0.455 e. The van der Waals surface area contributed by atoms with Crippen molar-refractivity contribution in [3.8, 4) is 33.4 Å². The molecule has 1 heteroatoms. The molecular weight excluding hydrogens is 617 g/mol. The van der Waals surface area contributed by atoms with Gasteiger partial charge in [-0.2, -0.15) is 0 Å². The predicted octanol–water partition coefficient (Wildman–Crippen LogP) is 14.4. The third-order valence-corrected chi connectivity index (χ3v) is 9.86. The Labute approximate surface area is 314 Å². The van der Waals surface area contributed by atoms with Crippen LogP contribution in [-0.2, 0) is 0 Å². The maximum Gasteiger partial charge on any atom is 0.143 e. The second-order valence-electron chi connectivity index (χ2n) is 12.5. The molecule has 1 nitrogen and oxygen atoms in total. The fraction of sp³-hybridized carbons (Fsp3) is 0. The second-order valence-corrected chi connectivity index (χ2v) is 12.5. The summed E-state index contributed by atoms with van der Waals surface area (Å²) in [6.45, 7) is 0. The first-order chi connectivity index (χ1) is 31.1. The van der Waals surface area contributed by atoms with Gasteiger partial charge in [-0.15, -0.1) is 0 Å². The van der Waals surface area contributed by atoms with E-state index in [0.717, 1.165) is 33.2 Å². The quantitative estimate of drug-likeness (QED) is 0.172. The van der Waals surface area contributed by atoms with Gasteiger partial charge in [0.2, 0.25) is 0 Å². The van der Waals surface area contributed by atoms with Gasteiger partial charge in [-0.3, -0.25) is 0 Å². The molecule has 0 radical (unpaired) electrons. The molecular formula is C50H30O. The fourth-order valence-corrected chi connectivity index (χ4v) is 7.75. The fourth-order valence-electron chi connectivity index (χ4n) is 7.75. The first kappa shape index (κ1) is 17.8. The molecule has 0 aliphatic heterocycles. The van der Waals surface area contributed by atoms with Gasteiger partial charge in [0.1, 0.15) is 11.2 Å². The lowest BCUT2D eigenvalue weighted by atomic mass is 9.82. The Hall–Kier alpha value is -6.70. The zero-order valence-corrected chi connectivity index (χ0v) is 26.6. The normalized spacial score (nSPS) is 15.8. The SMILES string of the molecule is [2H]c1cc2c([2H])c([2H])c([2H])c(-c3c4c([2H])c([2H])c([2H])c([2H])c4c(-c4cccc5cccc(-c6cccc7oc8c9ccccc9ccc8c67)c45)c4c([2H])c([2H])c([2H])c([2H])c34)c2c([2H])c1[2H]. The topological polar surface area (TPSA) is 13.1 Å². The van der Waals surface area contributed by atoms with Crippen LogP contribution < -0.4 is 0 Å². The number of fused-ring (bicyclic) bond motifs is 9. The summed E-state index contributed by atoms with van der Waals surface area (Å²) in [6.07, 6.45) is 0. The minimum Gasteiger partial charge on any atom is -0.455 e. The van der Waals surface area contributed by atoms with Gasteiger partial charge in [0.25, 0.3) is 0 Å². The molecule has 11 aromatic rings. The number of hydrogen-bond acceptors (Lipinski definition) is 1. The van der Waals surface area contributed by atoms with E-state index < -0.39 is 84.6 Å². The minimum atomic E-state index is -0.681. The molecule has 0 amide bonds. The van der Waals surface area contributed by atoms with Gasteiger partial charge in [-0.25, -0.2) is 0 Å². The molecule has 1 aromatic heterocycles. The van der Waals surface area contributed by atoms with Crippen molar-refractivity contribution in [1.82, 2.24) is 0 Å². The van der Waals surface area contributed by atoms with Crippen molar-refractivity contribution in [2.24, 2.45) is 0 Å². The first-order valence-corrected chi connectivity index (χ1v) is 16.5. The molecule has 0 bridgehead atoms. The third kappa shape index (κ3) is 4.09. The van der Waals surface area contributed by atoms with E-state index in [2.05, 4.69) is 0 Å². The van der Waals surface area contributed by atoms with E-state index in [1.807, 2.05) is 78.9 Å². The highest BCUT2D eigenvalue weighted by Crippen LogP contribution is 2.49. The maximum absolute atomic E-state index is 9.64. The highest BCUT2D eigenvalue weighted by atomic mass is 16.3. The van der Waals surface area contributed by atoms with E-state index in [9.17, 15) is 6.85 Å². The summed E-state index contributed by atoms with van der Waals surface area (Å²) in [5.74, 6) is 0. The minimum absolute atomic E-state index is 0.0609. The molecule has 51 heavy (non-hydrogen) atoms. The molecule has 0 atom stereocenters. The molecule has 11 rings (SSSR count). The van der Waals surface area contributed by atoms with Crippen LogP contribution in [0.1, 0.15) is 19.2 Å². The zero-order valence-electron chi connectivity index (χ0n) is 40.6. The predicted molar refractivity (Wildman–Crippen MR) is 218 cm³/mol. The summed E-state index contributed by atoms with van der Waals surface area (Å²) in [5.41, 5.74) is 2.62. The van der Waals surface area contributed by atoms with E-state index >= 15 is 0 Å². The zero-order chi connectivity index (χ0) is 45.7. The van der Waals surface area contributed by atoms with Crippen molar-refractivity contribution in [3.63, 3.8) is 0 Å². The molecule has 0 N–H and O–H groups in total. The third-order valence-electron chi connectivity index (χ3n) is 9.86. The van der Waals surface area contributed by atoms with Crippen LogP contribution in [0.5, 0.6) is 0 Å². The summed E-state index contributed by atoms with van der Waals surface area (Å²) in [6, 6.07) is 21.6. The van der Waals surface area contributed by atoms with Gasteiger partial charge in [-0.05, 0) is 94.0 Å². The second kappa shape index (κ2) is 10.9. The van der Waals surface area contributed by atoms with Crippen LogP contribution in [-0.4, -0.2) is 0 Å². The molecule has 0 saturated carbocycles. The number of hydrogen-bond donors (Lipinski definition) is 0. The molecule has 1 heterocycles. The average Bonchev–Trinajstić information content (AvgIpc) is 3.71. The number of benzene rings is 10. The Morgan fingerprint density at radius 1 is 0.333 bits per heavy atom. The van der Waals surface area contributed by atoms with Gasteiger partial charge in [0, 0.05) is 16.2 Å². The standard InChI is InChI=1S/C50H30O/c1-3-18-34-31(13-1)15-9-24-36(34)47-38-20-5-7-22-40(38)48(41-23-8-6-21-39(41)47)43-27-11-17-33-16-10-25-37(46(33)43)42-26-12-28-45-49(42)44-30-29-32-14-2-4-19-35(32)50(44)51-45/h1-30H/i1D,3D,5D,6D,7D,8D,9D,15D,18D,20D,21D,22D,23D,24D. The highest BCUT2D eigenvalue weighted by molar-refractivity contribution is 6.27. The maximum atomic E-state index is 9.64. The lowest BCUT2D eigenvalue weighted by Gasteiger charge is -2.20. The molecule has 0 unspecified atom stereocenters. The molecule has 0 aliphatic carbocycles. The Kier molecular flexibility index (Phi) is 3.81. The van der Waals surface area contributed by atoms with Crippen molar-refractivity contribution in [1.29, 1.82) is 0 Å². The molecule has 0 saturated heterocycles. The summed E-state index contributed by atoms with van der Waals surface area (Å²) < 4.78 is 134. The van der Waals surface area contributed by atoms with Crippen molar-refractivity contribution >= 4 is 75.8 Å². The molecule has 0 spiro atoms. The Morgan fingerprint density at radius 2 is 0.941 bits per heavy atom. The first-order valence-electron chi connectivity index (χ1n) is 23.5. The highest BCUT2D eigenvalue weighted by Gasteiger charge is 2.22. The van der Waals surface area contributed by atoms with Crippen LogP contribution in [0.25, 0.3) is 109 Å². The van der Waals surface area contributed by atoms with Crippen molar-refractivity contribution in [3.05, 3.63) is 182 Å². The van der Waals surface area contributed by atoms with Crippen LogP contribution in [0.4, 0.5) is 0 Å². The van der Waals surface area contributed by atoms with Crippen LogP contribution in [0.15, 0.2) is 186 Å². The van der Waals surface area contributed by atoms with Gasteiger partial charge >= 0.3 is 0 Å². The molecule has 10 aromatic carbocycles. The summed E-state index contributed by atoms with van der Waals surface area (Å²) >= 11 is 0. The Morgan fingerprint density at radius 3 is 1.71 bits per heavy atom. The number of furan rings is 1. The molecule has 0 fully saturated rings. The van der Waals surface area contributed by atoms with Crippen molar-refractivity contribution in [2.75, 3.05) is 0 Å². The lowest BCUT2D eigenvalue weighted by molar-refractivity contribution is 0.673. The van der Waals surface area contributed by atoms with E-state index in [1.54, 1.807) is 12.1 Å². The van der Waals surface area contributed by atoms with E-state index in [-0.39, 0.29) is 49.0 Å². The summed E-state index contributed by atoms with van der Waals surface area (Å²) in [4.78, 5) is 0. The lowest BCUT2D eigenvalue weighted by Crippen LogP contribution is -1.93. The summed E-state index contributed by atoms with van der Waals surface area (Å²) in [7, 11) is 0. The van der Waals surface area contributed by atoms with Crippen LogP contribution in [0.2, 0.25) is 0 Å². The van der Waals surface area contributed by atoms with Crippen molar-refractivity contribution in [2.45, 2.75) is 0 Å². The molecule has 0 aliphatic rings. The van der Waals surface area contributed by atoms with E-state index in [4.69, 9.17) is 16.8 Å².